The Balaban J connectivity index is 2.33. The van der Waals surface area contributed by atoms with Gasteiger partial charge in [0.15, 0.2) is 0 Å². The monoisotopic (exact) mass is 275 g/mol. The third kappa shape index (κ3) is 3.21. The predicted molar refractivity (Wildman–Crippen MR) is 80.8 cm³/mol. The highest BCUT2D eigenvalue weighted by molar-refractivity contribution is 5.78. The van der Waals surface area contributed by atoms with Crippen molar-refractivity contribution < 1.29 is 9.53 Å². The molecule has 0 aliphatic heterocycles. The number of carbonyl (C=O) groups is 1. The molecule has 1 aliphatic carbocycles. The largest absolute Gasteiger partial charge is 0.468 e. The molecule has 0 heterocycles. The van der Waals surface area contributed by atoms with Crippen LogP contribution in [0.25, 0.3) is 0 Å². The van der Waals surface area contributed by atoms with Crippen molar-refractivity contribution >= 4 is 5.97 Å². The van der Waals surface area contributed by atoms with Gasteiger partial charge in [-0.05, 0) is 50.3 Å². The summed E-state index contributed by atoms with van der Waals surface area (Å²) in [5.74, 6) is -0.188. The smallest absolute Gasteiger partial charge is 0.327 e. The standard InChI is InChI=1S/C17H25NO2/c1-11-9-12(2)15(13(3)10-11)16(17(19)20-4)18-14-7-5-6-8-14/h9-10,14,16,18H,5-8H2,1-4H3. The summed E-state index contributed by atoms with van der Waals surface area (Å²) in [5, 5.41) is 3.51. The van der Waals surface area contributed by atoms with Crippen molar-refractivity contribution in [3.8, 4) is 0 Å². The molecule has 3 heteroatoms. The van der Waals surface area contributed by atoms with E-state index in [-0.39, 0.29) is 12.0 Å². The lowest BCUT2D eigenvalue weighted by Crippen LogP contribution is -2.37. The second-order valence-corrected chi connectivity index (χ2v) is 5.92. The molecule has 1 N–H and O–H groups in total. The maximum absolute atomic E-state index is 12.2. The number of methoxy groups -OCH3 is 1. The number of rotatable bonds is 4. The molecule has 1 fully saturated rings. The molecule has 0 spiro atoms. The maximum atomic E-state index is 12.2. The number of hydrogen-bond acceptors (Lipinski definition) is 3. The van der Waals surface area contributed by atoms with Gasteiger partial charge in [-0.25, -0.2) is 4.79 Å². The summed E-state index contributed by atoms with van der Waals surface area (Å²) >= 11 is 0. The number of benzene rings is 1. The molecule has 0 aromatic heterocycles. The molecule has 0 saturated heterocycles. The van der Waals surface area contributed by atoms with Crippen molar-refractivity contribution in [1.82, 2.24) is 5.32 Å². The van der Waals surface area contributed by atoms with E-state index in [0.717, 1.165) is 29.5 Å². The van der Waals surface area contributed by atoms with Gasteiger partial charge in [-0.1, -0.05) is 30.5 Å². The van der Waals surface area contributed by atoms with Crippen molar-refractivity contribution in [2.75, 3.05) is 7.11 Å². The molecule has 0 bridgehead atoms. The summed E-state index contributed by atoms with van der Waals surface area (Å²) in [4.78, 5) is 12.2. The quantitative estimate of drug-likeness (QED) is 0.856. The Morgan fingerprint density at radius 1 is 1.20 bits per heavy atom. The summed E-state index contributed by atoms with van der Waals surface area (Å²) in [6.07, 6.45) is 4.80. The molecular formula is C17H25NO2. The van der Waals surface area contributed by atoms with E-state index in [4.69, 9.17) is 4.74 Å². The summed E-state index contributed by atoms with van der Waals surface area (Å²) < 4.78 is 5.02. The van der Waals surface area contributed by atoms with Gasteiger partial charge in [0.25, 0.3) is 0 Å². The lowest BCUT2D eigenvalue weighted by atomic mass is 9.93. The van der Waals surface area contributed by atoms with Gasteiger partial charge in [0, 0.05) is 6.04 Å². The number of esters is 1. The van der Waals surface area contributed by atoms with Crippen molar-refractivity contribution in [3.05, 3.63) is 34.4 Å². The topological polar surface area (TPSA) is 38.3 Å². The normalized spacial score (nSPS) is 17.2. The highest BCUT2D eigenvalue weighted by atomic mass is 16.5. The first kappa shape index (κ1) is 15.0. The molecule has 1 saturated carbocycles. The average molecular weight is 275 g/mol. The van der Waals surface area contributed by atoms with Crippen LogP contribution >= 0.6 is 0 Å². The highest BCUT2D eigenvalue weighted by Crippen LogP contribution is 2.28. The average Bonchev–Trinajstić information content (AvgIpc) is 2.88. The lowest BCUT2D eigenvalue weighted by molar-refractivity contribution is -0.143. The van der Waals surface area contributed by atoms with Crippen LogP contribution in [0.5, 0.6) is 0 Å². The van der Waals surface area contributed by atoms with E-state index < -0.39 is 0 Å². The minimum atomic E-state index is -0.344. The first-order valence-electron chi connectivity index (χ1n) is 7.44. The fraction of sp³-hybridized carbons (Fsp3) is 0.588. The molecule has 2 rings (SSSR count). The Morgan fingerprint density at radius 2 is 1.75 bits per heavy atom. The molecule has 1 unspecified atom stereocenters. The summed E-state index contributed by atoms with van der Waals surface area (Å²) in [7, 11) is 1.46. The van der Waals surface area contributed by atoms with Gasteiger partial charge in [0.05, 0.1) is 7.11 Å². The number of nitrogens with one attached hydrogen (secondary N) is 1. The maximum Gasteiger partial charge on any atom is 0.327 e. The second kappa shape index (κ2) is 6.40. The summed E-state index contributed by atoms with van der Waals surface area (Å²) in [6, 6.07) is 4.35. The van der Waals surface area contributed by atoms with E-state index in [9.17, 15) is 4.79 Å². The van der Waals surface area contributed by atoms with Crippen LogP contribution in [0.15, 0.2) is 12.1 Å². The first-order chi connectivity index (χ1) is 9.52. The van der Waals surface area contributed by atoms with E-state index in [0.29, 0.717) is 6.04 Å². The molecular weight excluding hydrogens is 250 g/mol. The zero-order valence-electron chi connectivity index (χ0n) is 13.0. The zero-order chi connectivity index (χ0) is 14.7. The van der Waals surface area contributed by atoms with E-state index in [1.807, 2.05) is 0 Å². The van der Waals surface area contributed by atoms with Crippen LogP contribution in [0, 0.1) is 20.8 Å². The number of carbonyl (C=O) groups excluding carboxylic acids is 1. The van der Waals surface area contributed by atoms with Gasteiger partial charge in [-0.15, -0.1) is 0 Å². The SMILES string of the molecule is COC(=O)C(NC1CCCC1)c1c(C)cc(C)cc1C. The zero-order valence-corrected chi connectivity index (χ0v) is 13.0. The first-order valence-corrected chi connectivity index (χ1v) is 7.44. The van der Waals surface area contributed by atoms with Crippen LogP contribution in [0.4, 0.5) is 0 Å². The summed E-state index contributed by atoms with van der Waals surface area (Å²) in [5.41, 5.74) is 4.62. The highest BCUT2D eigenvalue weighted by Gasteiger charge is 2.28. The van der Waals surface area contributed by atoms with Gasteiger partial charge in [-0.3, -0.25) is 5.32 Å². The van der Waals surface area contributed by atoms with Gasteiger partial charge < -0.3 is 4.74 Å². The van der Waals surface area contributed by atoms with E-state index in [1.165, 1.54) is 25.5 Å². The molecule has 0 amide bonds. The minimum absolute atomic E-state index is 0.188. The molecule has 1 aliphatic rings. The molecule has 1 aromatic rings. The van der Waals surface area contributed by atoms with E-state index in [1.54, 1.807) is 0 Å². The summed E-state index contributed by atoms with van der Waals surface area (Å²) in [6.45, 7) is 6.23. The molecule has 20 heavy (non-hydrogen) atoms. The van der Waals surface area contributed by atoms with Crippen molar-refractivity contribution in [3.63, 3.8) is 0 Å². The fourth-order valence-corrected chi connectivity index (χ4v) is 3.36. The predicted octanol–water partition coefficient (Wildman–Crippen LogP) is 3.36. The number of ether oxygens (including phenoxy) is 1. The minimum Gasteiger partial charge on any atom is -0.468 e. The van der Waals surface area contributed by atoms with Crippen LogP contribution < -0.4 is 5.32 Å². The van der Waals surface area contributed by atoms with Gasteiger partial charge in [0.2, 0.25) is 0 Å². The number of hydrogen-bond donors (Lipinski definition) is 1. The fourth-order valence-electron chi connectivity index (χ4n) is 3.36. The third-order valence-corrected chi connectivity index (χ3v) is 4.22. The van der Waals surface area contributed by atoms with Crippen LogP contribution in [0.2, 0.25) is 0 Å². The Kier molecular flexibility index (Phi) is 4.81. The Hall–Kier alpha value is -1.35. The Morgan fingerprint density at radius 3 is 2.25 bits per heavy atom. The molecule has 0 radical (unpaired) electrons. The molecule has 3 nitrogen and oxygen atoms in total. The van der Waals surface area contributed by atoms with Gasteiger partial charge in [0.1, 0.15) is 6.04 Å². The Bertz CT molecular complexity index is 467. The van der Waals surface area contributed by atoms with Crippen LogP contribution in [-0.2, 0) is 9.53 Å². The van der Waals surface area contributed by atoms with Crippen molar-refractivity contribution in [1.29, 1.82) is 0 Å². The molecule has 1 aromatic carbocycles. The number of aryl methyl sites for hydroxylation is 3. The Labute approximate surface area is 121 Å². The van der Waals surface area contributed by atoms with Gasteiger partial charge in [-0.2, -0.15) is 0 Å². The van der Waals surface area contributed by atoms with Gasteiger partial charge >= 0.3 is 5.97 Å². The van der Waals surface area contributed by atoms with E-state index in [2.05, 4.69) is 38.2 Å². The lowest BCUT2D eigenvalue weighted by Gasteiger charge is -2.24. The van der Waals surface area contributed by atoms with E-state index >= 15 is 0 Å². The van der Waals surface area contributed by atoms with Crippen LogP contribution in [0.1, 0.15) is 54.0 Å². The van der Waals surface area contributed by atoms with Crippen LogP contribution in [0.3, 0.4) is 0 Å². The van der Waals surface area contributed by atoms with Crippen molar-refractivity contribution in [2.24, 2.45) is 0 Å². The third-order valence-electron chi connectivity index (χ3n) is 4.22. The molecule has 1 atom stereocenters. The van der Waals surface area contributed by atoms with Crippen molar-refractivity contribution in [2.45, 2.75) is 58.5 Å². The molecule has 110 valence electrons. The van der Waals surface area contributed by atoms with Crippen LogP contribution in [-0.4, -0.2) is 19.1 Å². The second-order valence-electron chi connectivity index (χ2n) is 5.92.